The van der Waals surface area contributed by atoms with Crippen molar-refractivity contribution in [2.45, 2.75) is 18.4 Å². The van der Waals surface area contributed by atoms with Crippen molar-refractivity contribution >= 4 is 34.0 Å². The van der Waals surface area contributed by atoms with Gasteiger partial charge < -0.3 is 5.11 Å². The molecular formula is C16H13Cl2N3O. The first-order chi connectivity index (χ1) is 10.6. The second kappa shape index (κ2) is 6.16. The van der Waals surface area contributed by atoms with E-state index in [1.807, 2.05) is 36.4 Å². The molecule has 3 aromatic rings. The van der Waals surface area contributed by atoms with E-state index in [4.69, 9.17) is 23.2 Å². The van der Waals surface area contributed by atoms with E-state index in [-0.39, 0.29) is 6.61 Å². The van der Waals surface area contributed by atoms with Crippen LogP contribution >= 0.6 is 23.2 Å². The average molecular weight is 334 g/mol. The Balaban J connectivity index is 2.27. The molecule has 0 amide bonds. The van der Waals surface area contributed by atoms with E-state index in [1.54, 1.807) is 6.92 Å². The maximum atomic E-state index is 9.48. The van der Waals surface area contributed by atoms with E-state index < -0.39 is 4.84 Å². The summed E-state index contributed by atoms with van der Waals surface area (Å²) in [6.45, 7) is 1.75. The van der Waals surface area contributed by atoms with Crippen molar-refractivity contribution in [2.24, 2.45) is 0 Å². The summed E-state index contributed by atoms with van der Waals surface area (Å²) < 4.78 is 0. The highest BCUT2D eigenvalue weighted by Gasteiger charge is 2.14. The van der Waals surface area contributed by atoms with Crippen molar-refractivity contribution in [3.63, 3.8) is 0 Å². The molecule has 0 fully saturated rings. The monoisotopic (exact) mass is 333 g/mol. The fourth-order valence-corrected chi connectivity index (χ4v) is 2.61. The van der Waals surface area contributed by atoms with E-state index >= 15 is 0 Å². The van der Waals surface area contributed by atoms with Crippen LogP contribution < -0.4 is 0 Å². The SMILES string of the molecule is Cc1nc(-c2ccc(CO)c3ccccc23)nc(C(Cl)Cl)n1. The van der Waals surface area contributed by atoms with Crippen LogP contribution in [-0.4, -0.2) is 20.1 Å². The average Bonchev–Trinajstić information content (AvgIpc) is 2.53. The Hall–Kier alpha value is -1.75. The highest BCUT2D eigenvalue weighted by Crippen LogP contribution is 2.30. The highest BCUT2D eigenvalue weighted by molar-refractivity contribution is 6.43. The molecule has 0 radical (unpaired) electrons. The fourth-order valence-electron chi connectivity index (χ4n) is 2.41. The number of aliphatic hydroxyl groups excluding tert-OH is 1. The molecule has 3 rings (SSSR count). The van der Waals surface area contributed by atoms with Gasteiger partial charge in [0, 0.05) is 5.56 Å². The zero-order valence-corrected chi connectivity index (χ0v) is 13.3. The Kier molecular flexibility index (Phi) is 4.25. The molecule has 0 saturated carbocycles. The van der Waals surface area contributed by atoms with Gasteiger partial charge in [-0.05, 0) is 23.3 Å². The van der Waals surface area contributed by atoms with Gasteiger partial charge in [0.05, 0.1) is 6.61 Å². The summed E-state index contributed by atoms with van der Waals surface area (Å²) in [6, 6.07) is 11.6. The molecule has 0 atom stereocenters. The number of nitrogens with zero attached hydrogens (tertiary/aromatic N) is 3. The van der Waals surface area contributed by atoms with Gasteiger partial charge in [0.1, 0.15) is 5.82 Å². The summed E-state index contributed by atoms with van der Waals surface area (Å²) in [5, 5.41) is 11.4. The number of fused-ring (bicyclic) bond motifs is 1. The molecular weight excluding hydrogens is 321 g/mol. The van der Waals surface area contributed by atoms with Crippen LogP contribution in [0.3, 0.4) is 0 Å². The Morgan fingerprint density at radius 3 is 2.41 bits per heavy atom. The number of hydrogen-bond acceptors (Lipinski definition) is 4. The first-order valence-corrected chi connectivity index (χ1v) is 7.60. The minimum Gasteiger partial charge on any atom is -0.392 e. The van der Waals surface area contributed by atoms with Gasteiger partial charge in [-0.2, -0.15) is 0 Å². The van der Waals surface area contributed by atoms with Crippen LogP contribution in [0.15, 0.2) is 36.4 Å². The van der Waals surface area contributed by atoms with Gasteiger partial charge >= 0.3 is 0 Å². The number of benzene rings is 2. The summed E-state index contributed by atoms with van der Waals surface area (Å²) in [5.41, 5.74) is 1.71. The quantitative estimate of drug-likeness (QED) is 0.737. The minimum absolute atomic E-state index is 0.0201. The lowest BCUT2D eigenvalue weighted by molar-refractivity contribution is 0.283. The molecule has 22 heavy (non-hydrogen) atoms. The molecule has 2 aromatic carbocycles. The molecule has 0 unspecified atom stereocenters. The molecule has 1 heterocycles. The molecule has 0 aliphatic carbocycles. The smallest absolute Gasteiger partial charge is 0.167 e. The summed E-state index contributed by atoms with van der Waals surface area (Å²) in [6.07, 6.45) is 0. The van der Waals surface area contributed by atoms with Gasteiger partial charge in [-0.1, -0.05) is 59.6 Å². The largest absolute Gasteiger partial charge is 0.392 e. The zero-order valence-electron chi connectivity index (χ0n) is 11.8. The predicted octanol–water partition coefficient (Wildman–Crippen LogP) is 3.97. The van der Waals surface area contributed by atoms with Crippen LogP contribution in [0.25, 0.3) is 22.2 Å². The van der Waals surface area contributed by atoms with Gasteiger partial charge in [0.2, 0.25) is 0 Å². The highest BCUT2D eigenvalue weighted by atomic mass is 35.5. The van der Waals surface area contributed by atoms with E-state index in [2.05, 4.69) is 15.0 Å². The number of aryl methyl sites for hydroxylation is 1. The maximum absolute atomic E-state index is 9.48. The second-order valence-electron chi connectivity index (χ2n) is 4.84. The first kappa shape index (κ1) is 15.2. The van der Waals surface area contributed by atoms with Crippen molar-refractivity contribution in [3.8, 4) is 11.4 Å². The minimum atomic E-state index is -0.802. The summed E-state index contributed by atoms with van der Waals surface area (Å²) in [5.74, 6) is 1.41. The lowest BCUT2D eigenvalue weighted by atomic mass is 9.99. The normalized spacial score (nSPS) is 11.3. The van der Waals surface area contributed by atoms with Crippen LogP contribution in [0.1, 0.15) is 22.0 Å². The summed E-state index contributed by atoms with van der Waals surface area (Å²) in [7, 11) is 0. The lowest BCUT2D eigenvalue weighted by Gasteiger charge is -2.10. The second-order valence-corrected chi connectivity index (χ2v) is 5.94. The Labute approximate surface area is 137 Å². The number of aromatic nitrogens is 3. The summed E-state index contributed by atoms with van der Waals surface area (Å²) >= 11 is 11.8. The third-order valence-electron chi connectivity index (χ3n) is 3.39. The molecule has 4 nitrogen and oxygen atoms in total. The van der Waals surface area contributed by atoms with E-state index in [0.29, 0.717) is 17.5 Å². The number of rotatable bonds is 3. The Morgan fingerprint density at radius 2 is 1.73 bits per heavy atom. The van der Waals surface area contributed by atoms with Crippen LogP contribution in [0.2, 0.25) is 0 Å². The summed E-state index contributed by atoms with van der Waals surface area (Å²) in [4.78, 5) is 12.1. The Morgan fingerprint density at radius 1 is 1.00 bits per heavy atom. The first-order valence-electron chi connectivity index (χ1n) is 6.72. The van der Waals surface area contributed by atoms with E-state index in [0.717, 1.165) is 21.9 Å². The van der Waals surface area contributed by atoms with Crippen molar-refractivity contribution in [2.75, 3.05) is 0 Å². The van der Waals surface area contributed by atoms with Crippen LogP contribution in [0.4, 0.5) is 0 Å². The number of aliphatic hydroxyl groups is 1. The van der Waals surface area contributed by atoms with Gasteiger partial charge in [0.25, 0.3) is 0 Å². The molecule has 0 bridgehead atoms. The number of halogens is 2. The predicted molar refractivity (Wildman–Crippen MR) is 87.9 cm³/mol. The van der Waals surface area contributed by atoms with Crippen LogP contribution in [-0.2, 0) is 6.61 Å². The van der Waals surface area contributed by atoms with E-state index in [1.165, 1.54) is 0 Å². The maximum Gasteiger partial charge on any atom is 0.167 e. The van der Waals surface area contributed by atoms with Crippen molar-refractivity contribution in [1.82, 2.24) is 15.0 Å². The molecule has 1 aromatic heterocycles. The van der Waals surface area contributed by atoms with Crippen molar-refractivity contribution < 1.29 is 5.11 Å². The Bertz CT molecular complexity index is 837. The van der Waals surface area contributed by atoms with Gasteiger partial charge in [-0.3, -0.25) is 0 Å². The number of alkyl halides is 2. The van der Waals surface area contributed by atoms with Gasteiger partial charge in [-0.15, -0.1) is 0 Å². The van der Waals surface area contributed by atoms with Gasteiger partial charge in [-0.25, -0.2) is 15.0 Å². The molecule has 0 aliphatic rings. The third-order valence-corrected chi connectivity index (χ3v) is 3.78. The molecule has 6 heteroatoms. The van der Waals surface area contributed by atoms with E-state index in [9.17, 15) is 5.11 Å². The fraction of sp³-hybridized carbons (Fsp3) is 0.188. The number of hydrogen-bond donors (Lipinski definition) is 1. The molecule has 0 aliphatic heterocycles. The van der Waals surface area contributed by atoms with Crippen molar-refractivity contribution in [1.29, 1.82) is 0 Å². The van der Waals surface area contributed by atoms with Crippen molar-refractivity contribution in [3.05, 3.63) is 53.6 Å². The van der Waals surface area contributed by atoms with Crippen LogP contribution in [0.5, 0.6) is 0 Å². The molecule has 0 saturated heterocycles. The standard InChI is InChI=1S/C16H13Cl2N3O/c1-9-19-15(21-16(20-9)14(17)18)13-7-6-10(8-22)11-4-2-3-5-12(11)13/h2-7,14,22H,8H2,1H3. The van der Waals surface area contributed by atoms with Crippen LogP contribution in [0, 0.1) is 6.92 Å². The van der Waals surface area contributed by atoms with Gasteiger partial charge in [0.15, 0.2) is 16.5 Å². The topological polar surface area (TPSA) is 58.9 Å². The molecule has 0 spiro atoms. The molecule has 1 N–H and O–H groups in total. The molecule has 112 valence electrons. The third kappa shape index (κ3) is 2.77. The lowest BCUT2D eigenvalue weighted by Crippen LogP contribution is -2.03. The zero-order chi connectivity index (χ0) is 15.7.